The van der Waals surface area contributed by atoms with E-state index in [0.717, 1.165) is 11.1 Å². The Hall–Kier alpha value is -2.82. The molecule has 0 unspecified atom stereocenters. The largest absolute Gasteiger partial charge is 0.497 e. The zero-order chi connectivity index (χ0) is 15.7. The SMILES string of the molecule is COc1ccc2c(c1)O[C@H](c1ccc(C)cc1)C([N+](=O)[O-])=C2. The number of aryl methyl sites for hydroxylation is 1. The molecule has 0 saturated heterocycles. The topological polar surface area (TPSA) is 61.6 Å². The highest BCUT2D eigenvalue weighted by Crippen LogP contribution is 2.39. The molecule has 2 aromatic rings. The van der Waals surface area contributed by atoms with Crippen molar-refractivity contribution in [2.45, 2.75) is 13.0 Å². The van der Waals surface area contributed by atoms with Gasteiger partial charge in [0, 0.05) is 23.3 Å². The molecule has 5 nitrogen and oxygen atoms in total. The van der Waals surface area contributed by atoms with Crippen molar-refractivity contribution in [1.82, 2.24) is 0 Å². The number of benzene rings is 2. The molecule has 1 atom stereocenters. The van der Waals surface area contributed by atoms with Gasteiger partial charge in [-0.1, -0.05) is 29.8 Å². The summed E-state index contributed by atoms with van der Waals surface area (Å²) in [5.41, 5.74) is 2.55. The second-order valence-corrected chi connectivity index (χ2v) is 5.14. The lowest BCUT2D eigenvalue weighted by Crippen LogP contribution is -2.19. The molecule has 2 aromatic carbocycles. The average Bonchev–Trinajstić information content (AvgIpc) is 2.53. The van der Waals surface area contributed by atoms with Gasteiger partial charge in [0.2, 0.25) is 6.10 Å². The van der Waals surface area contributed by atoms with Crippen LogP contribution in [-0.4, -0.2) is 12.0 Å². The minimum absolute atomic E-state index is 0.0292. The summed E-state index contributed by atoms with van der Waals surface area (Å²) >= 11 is 0. The molecule has 0 N–H and O–H groups in total. The van der Waals surface area contributed by atoms with Gasteiger partial charge in [-0.15, -0.1) is 0 Å². The smallest absolute Gasteiger partial charge is 0.291 e. The molecule has 5 heteroatoms. The highest BCUT2D eigenvalue weighted by molar-refractivity contribution is 5.63. The summed E-state index contributed by atoms with van der Waals surface area (Å²) in [6, 6.07) is 12.8. The predicted molar refractivity (Wildman–Crippen MR) is 82.5 cm³/mol. The first-order valence-electron chi connectivity index (χ1n) is 6.86. The first-order chi connectivity index (χ1) is 10.6. The van der Waals surface area contributed by atoms with Gasteiger partial charge in [-0.25, -0.2) is 0 Å². The normalized spacial score (nSPS) is 16.3. The molecule has 3 rings (SSSR count). The first kappa shape index (κ1) is 14.1. The lowest BCUT2D eigenvalue weighted by atomic mass is 10.00. The third-order valence-corrected chi connectivity index (χ3v) is 3.63. The third kappa shape index (κ3) is 2.53. The van der Waals surface area contributed by atoms with E-state index >= 15 is 0 Å². The number of hydrogen-bond donors (Lipinski definition) is 0. The molecular weight excluding hydrogens is 282 g/mol. The van der Waals surface area contributed by atoms with Crippen LogP contribution in [0.2, 0.25) is 0 Å². The van der Waals surface area contributed by atoms with Crippen molar-refractivity contribution in [3.05, 3.63) is 75.0 Å². The molecule has 1 aliphatic rings. The Labute approximate surface area is 127 Å². The zero-order valence-electron chi connectivity index (χ0n) is 12.3. The van der Waals surface area contributed by atoms with Crippen LogP contribution >= 0.6 is 0 Å². The molecular formula is C17H15NO4. The number of hydrogen-bond acceptors (Lipinski definition) is 4. The summed E-state index contributed by atoms with van der Waals surface area (Å²) in [5, 5.41) is 11.4. The number of ether oxygens (including phenoxy) is 2. The van der Waals surface area contributed by atoms with Crippen LogP contribution in [0.25, 0.3) is 6.08 Å². The fourth-order valence-electron chi connectivity index (χ4n) is 2.41. The van der Waals surface area contributed by atoms with Crippen molar-refractivity contribution >= 4 is 6.08 Å². The predicted octanol–water partition coefficient (Wildman–Crippen LogP) is 3.75. The quantitative estimate of drug-likeness (QED) is 0.639. The Morgan fingerprint density at radius 2 is 1.91 bits per heavy atom. The summed E-state index contributed by atoms with van der Waals surface area (Å²) in [5.74, 6) is 1.23. The van der Waals surface area contributed by atoms with E-state index in [0.29, 0.717) is 17.1 Å². The number of fused-ring (bicyclic) bond motifs is 1. The van der Waals surface area contributed by atoms with E-state index < -0.39 is 11.0 Å². The van der Waals surface area contributed by atoms with Gasteiger partial charge in [-0.3, -0.25) is 10.1 Å². The standard InChI is InChI=1S/C17H15NO4/c1-11-3-5-12(6-4-11)17-15(18(19)20)9-13-7-8-14(21-2)10-16(13)22-17/h3-10,17H,1-2H3/t17-/m1/s1. The van der Waals surface area contributed by atoms with E-state index in [1.165, 1.54) is 0 Å². The molecule has 0 amide bonds. The van der Waals surface area contributed by atoms with E-state index in [-0.39, 0.29) is 5.70 Å². The number of rotatable bonds is 3. The molecule has 0 radical (unpaired) electrons. The monoisotopic (exact) mass is 297 g/mol. The second kappa shape index (κ2) is 5.52. The summed E-state index contributed by atoms with van der Waals surface area (Å²) in [7, 11) is 1.57. The van der Waals surface area contributed by atoms with Crippen molar-refractivity contribution in [1.29, 1.82) is 0 Å². The van der Waals surface area contributed by atoms with Crippen LogP contribution in [0.4, 0.5) is 0 Å². The highest BCUT2D eigenvalue weighted by atomic mass is 16.6. The molecule has 0 saturated carbocycles. The van der Waals surface area contributed by atoms with Crippen molar-refractivity contribution < 1.29 is 14.4 Å². The number of nitrogens with zero attached hydrogens (tertiary/aromatic N) is 1. The van der Waals surface area contributed by atoms with Crippen LogP contribution in [-0.2, 0) is 0 Å². The molecule has 22 heavy (non-hydrogen) atoms. The summed E-state index contributed by atoms with van der Waals surface area (Å²) in [6.45, 7) is 1.97. The van der Waals surface area contributed by atoms with Crippen LogP contribution in [0.1, 0.15) is 22.8 Å². The maximum Gasteiger partial charge on any atom is 0.291 e. The molecule has 0 aromatic heterocycles. The van der Waals surface area contributed by atoms with E-state index in [9.17, 15) is 10.1 Å². The Morgan fingerprint density at radius 3 is 2.55 bits per heavy atom. The number of methoxy groups -OCH3 is 1. The van der Waals surface area contributed by atoms with Gasteiger partial charge in [-0.05, 0) is 19.1 Å². The van der Waals surface area contributed by atoms with Crippen LogP contribution in [0, 0.1) is 17.0 Å². The zero-order valence-corrected chi connectivity index (χ0v) is 12.3. The first-order valence-corrected chi connectivity index (χ1v) is 6.86. The van der Waals surface area contributed by atoms with E-state index in [2.05, 4.69) is 0 Å². The maximum absolute atomic E-state index is 11.4. The Balaban J connectivity index is 2.07. The highest BCUT2D eigenvalue weighted by Gasteiger charge is 2.33. The van der Waals surface area contributed by atoms with Gasteiger partial charge in [0.1, 0.15) is 11.5 Å². The fraction of sp³-hybridized carbons (Fsp3) is 0.176. The lowest BCUT2D eigenvalue weighted by molar-refractivity contribution is -0.434. The van der Waals surface area contributed by atoms with Crippen LogP contribution in [0.3, 0.4) is 0 Å². The van der Waals surface area contributed by atoms with Crippen LogP contribution < -0.4 is 9.47 Å². The Morgan fingerprint density at radius 1 is 1.18 bits per heavy atom. The van der Waals surface area contributed by atoms with Crippen molar-refractivity contribution in [2.75, 3.05) is 7.11 Å². The molecule has 112 valence electrons. The summed E-state index contributed by atoms with van der Waals surface area (Å²) in [6.07, 6.45) is 0.832. The average molecular weight is 297 g/mol. The van der Waals surface area contributed by atoms with Crippen molar-refractivity contribution in [2.24, 2.45) is 0 Å². The molecule has 0 fully saturated rings. The molecule has 0 aliphatic carbocycles. The minimum Gasteiger partial charge on any atom is -0.497 e. The second-order valence-electron chi connectivity index (χ2n) is 5.14. The van der Waals surface area contributed by atoms with Gasteiger partial charge >= 0.3 is 0 Å². The molecule has 1 heterocycles. The maximum atomic E-state index is 11.4. The van der Waals surface area contributed by atoms with E-state index in [1.54, 1.807) is 31.4 Å². The number of nitro groups is 1. The van der Waals surface area contributed by atoms with Gasteiger partial charge in [0.25, 0.3) is 5.70 Å². The third-order valence-electron chi connectivity index (χ3n) is 3.63. The van der Waals surface area contributed by atoms with E-state index in [1.807, 2.05) is 31.2 Å². The Bertz CT molecular complexity index is 750. The van der Waals surface area contributed by atoms with Gasteiger partial charge in [-0.2, -0.15) is 0 Å². The van der Waals surface area contributed by atoms with Crippen LogP contribution in [0.5, 0.6) is 11.5 Å². The van der Waals surface area contributed by atoms with E-state index in [4.69, 9.17) is 9.47 Å². The van der Waals surface area contributed by atoms with Gasteiger partial charge in [0.05, 0.1) is 12.0 Å². The fourth-order valence-corrected chi connectivity index (χ4v) is 2.41. The Kier molecular flexibility index (Phi) is 3.55. The molecule has 0 spiro atoms. The van der Waals surface area contributed by atoms with Crippen molar-refractivity contribution in [3.63, 3.8) is 0 Å². The summed E-state index contributed by atoms with van der Waals surface area (Å²) in [4.78, 5) is 11.0. The van der Waals surface area contributed by atoms with Gasteiger partial charge in [0.15, 0.2) is 0 Å². The molecule has 0 bridgehead atoms. The van der Waals surface area contributed by atoms with Crippen LogP contribution in [0.15, 0.2) is 48.2 Å². The van der Waals surface area contributed by atoms with Gasteiger partial charge < -0.3 is 9.47 Å². The summed E-state index contributed by atoms with van der Waals surface area (Å²) < 4.78 is 11.1. The lowest BCUT2D eigenvalue weighted by Gasteiger charge is -2.23. The minimum atomic E-state index is -0.727. The molecule has 1 aliphatic heterocycles. The van der Waals surface area contributed by atoms with Crippen molar-refractivity contribution in [3.8, 4) is 11.5 Å².